The molecule has 0 amide bonds. The van der Waals surface area contributed by atoms with Gasteiger partial charge in [-0.05, 0) is 29.3 Å². The van der Waals surface area contributed by atoms with E-state index in [0.717, 1.165) is 44.5 Å². The SMILES string of the molecule is c1ccc(-c2cc(-c3nc(-c4ccccc4)nc(-c4ccccc4)n3)cc(-c3nc(-c4ccccc4)nc(-c4ccccc4)n3)c2)cc1. The number of hydrogen-bond donors (Lipinski definition) is 0. The van der Waals surface area contributed by atoms with Crippen molar-refractivity contribution in [3.05, 3.63) is 170 Å². The van der Waals surface area contributed by atoms with Crippen molar-refractivity contribution in [2.75, 3.05) is 0 Å². The molecule has 2 aromatic heterocycles. The van der Waals surface area contributed by atoms with Crippen LogP contribution in [0.4, 0.5) is 0 Å². The monoisotopic (exact) mass is 616 g/mol. The molecule has 0 N–H and O–H groups in total. The normalized spacial score (nSPS) is 10.9. The van der Waals surface area contributed by atoms with E-state index in [0.29, 0.717) is 34.9 Å². The summed E-state index contributed by atoms with van der Waals surface area (Å²) in [6, 6.07) is 56.6. The van der Waals surface area contributed by atoms with E-state index >= 15 is 0 Å². The van der Waals surface area contributed by atoms with Gasteiger partial charge < -0.3 is 0 Å². The Labute approximate surface area is 278 Å². The van der Waals surface area contributed by atoms with Gasteiger partial charge in [0.05, 0.1) is 0 Å². The Morgan fingerprint density at radius 2 is 0.396 bits per heavy atom. The number of benzene rings is 6. The molecule has 0 unspecified atom stereocenters. The van der Waals surface area contributed by atoms with Gasteiger partial charge in [-0.15, -0.1) is 0 Å². The lowest BCUT2D eigenvalue weighted by Gasteiger charge is -2.13. The van der Waals surface area contributed by atoms with E-state index in [1.165, 1.54) is 0 Å². The molecule has 2 heterocycles. The molecule has 6 aromatic carbocycles. The van der Waals surface area contributed by atoms with E-state index in [1.807, 2.05) is 140 Å². The third-order valence-corrected chi connectivity index (χ3v) is 7.96. The molecule has 0 saturated heterocycles. The van der Waals surface area contributed by atoms with Gasteiger partial charge in [-0.1, -0.05) is 152 Å². The third-order valence-electron chi connectivity index (χ3n) is 7.96. The average Bonchev–Trinajstić information content (AvgIpc) is 3.19. The molecule has 8 rings (SSSR count). The minimum absolute atomic E-state index is 0.558. The van der Waals surface area contributed by atoms with Gasteiger partial charge in [0.25, 0.3) is 0 Å². The molecule has 6 heteroatoms. The molecule has 0 aliphatic heterocycles. The van der Waals surface area contributed by atoms with Crippen molar-refractivity contribution in [1.82, 2.24) is 29.9 Å². The first-order valence-corrected chi connectivity index (χ1v) is 15.7. The number of nitrogens with zero attached hydrogens (tertiary/aromatic N) is 6. The highest BCUT2D eigenvalue weighted by atomic mass is 15.0. The predicted octanol–water partition coefficient (Wildman–Crippen LogP) is 9.73. The van der Waals surface area contributed by atoms with Crippen LogP contribution in [-0.4, -0.2) is 29.9 Å². The Morgan fingerprint density at radius 3 is 0.667 bits per heavy atom. The molecule has 0 atom stereocenters. The van der Waals surface area contributed by atoms with Gasteiger partial charge in [0.15, 0.2) is 34.9 Å². The van der Waals surface area contributed by atoms with Gasteiger partial charge in [0.2, 0.25) is 0 Å². The standard InChI is InChI=1S/C42H28N6/c1-6-16-29(17-7-1)34-26-35(41-45-37(30-18-8-2-9-19-30)43-38(46-41)31-20-10-3-11-21-31)28-36(27-34)42-47-39(32-22-12-4-13-23-32)44-40(48-42)33-24-14-5-15-25-33/h1-28H. The van der Waals surface area contributed by atoms with Gasteiger partial charge in [-0.3, -0.25) is 0 Å². The fraction of sp³-hybridized carbons (Fsp3) is 0. The van der Waals surface area contributed by atoms with Crippen LogP contribution < -0.4 is 0 Å². The van der Waals surface area contributed by atoms with Crippen LogP contribution in [0.3, 0.4) is 0 Å². The molecule has 0 spiro atoms. The van der Waals surface area contributed by atoms with Crippen LogP contribution in [0.25, 0.3) is 79.5 Å². The maximum absolute atomic E-state index is 5.02. The van der Waals surface area contributed by atoms with Gasteiger partial charge >= 0.3 is 0 Å². The van der Waals surface area contributed by atoms with Gasteiger partial charge in [0, 0.05) is 33.4 Å². The first-order valence-electron chi connectivity index (χ1n) is 15.7. The Bertz CT molecular complexity index is 2050. The minimum atomic E-state index is 0.558. The lowest BCUT2D eigenvalue weighted by Crippen LogP contribution is -2.02. The largest absolute Gasteiger partial charge is 0.208 e. The first kappa shape index (κ1) is 28.8. The van der Waals surface area contributed by atoms with Crippen molar-refractivity contribution in [2.24, 2.45) is 0 Å². The topological polar surface area (TPSA) is 77.3 Å². The average molecular weight is 617 g/mol. The highest BCUT2D eigenvalue weighted by molar-refractivity contribution is 5.79. The van der Waals surface area contributed by atoms with E-state index in [1.54, 1.807) is 0 Å². The molecule has 0 fully saturated rings. The molecule has 0 aliphatic rings. The number of rotatable bonds is 7. The van der Waals surface area contributed by atoms with E-state index in [9.17, 15) is 0 Å². The van der Waals surface area contributed by atoms with Gasteiger partial charge in [-0.25, -0.2) is 29.9 Å². The molecule has 226 valence electrons. The molecule has 8 aromatic rings. The zero-order valence-corrected chi connectivity index (χ0v) is 25.8. The summed E-state index contributed by atoms with van der Waals surface area (Å²) in [7, 11) is 0. The predicted molar refractivity (Wildman–Crippen MR) is 191 cm³/mol. The fourth-order valence-electron chi connectivity index (χ4n) is 5.56. The Morgan fingerprint density at radius 1 is 0.188 bits per heavy atom. The summed E-state index contributed by atoms with van der Waals surface area (Å²) >= 11 is 0. The van der Waals surface area contributed by atoms with Crippen molar-refractivity contribution in [1.29, 1.82) is 0 Å². The molecule has 48 heavy (non-hydrogen) atoms. The summed E-state index contributed by atoms with van der Waals surface area (Å²) in [5.41, 5.74) is 7.35. The van der Waals surface area contributed by atoms with Crippen LogP contribution in [0.1, 0.15) is 0 Å². The zero-order valence-electron chi connectivity index (χ0n) is 25.8. The van der Waals surface area contributed by atoms with Crippen molar-refractivity contribution in [3.8, 4) is 79.5 Å². The Kier molecular flexibility index (Phi) is 7.79. The van der Waals surface area contributed by atoms with Crippen LogP contribution in [0.15, 0.2) is 170 Å². The summed E-state index contributed by atoms with van der Waals surface area (Å²) in [6.07, 6.45) is 0. The lowest BCUT2D eigenvalue weighted by atomic mass is 9.98. The maximum atomic E-state index is 5.02. The van der Waals surface area contributed by atoms with E-state index in [-0.39, 0.29) is 0 Å². The summed E-state index contributed by atoms with van der Waals surface area (Å²) < 4.78 is 0. The van der Waals surface area contributed by atoms with Crippen LogP contribution in [-0.2, 0) is 0 Å². The minimum Gasteiger partial charge on any atom is -0.208 e. The number of hydrogen-bond acceptors (Lipinski definition) is 6. The quantitative estimate of drug-likeness (QED) is 0.177. The van der Waals surface area contributed by atoms with Crippen LogP contribution in [0, 0.1) is 0 Å². The highest BCUT2D eigenvalue weighted by Crippen LogP contribution is 2.33. The Balaban J connectivity index is 1.36. The summed E-state index contributed by atoms with van der Waals surface area (Å²) in [4.78, 5) is 29.9. The van der Waals surface area contributed by atoms with Crippen LogP contribution >= 0.6 is 0 Å². The van der Waals surface area contributed by atoms with Gasteiger partial charge in [0.1, 0.15) is 0 Å². The second-order valence-electron chi connectivity index (χ2n) is 11.2. The van der Waals surface area contributed by atoms with Gasteiger partial charge in [-0.2, -0.15) is 0 Å². The molecule has 0 aliphatic carbocycles. The second kappa shape index (κ2) is 13.0. The van der Waals surface area contributed by atoms with Crippen LogP contribution in [0.5, 0.6) is 0 Å². The molecular formula is C42H28N6. The summed E-state index contributed by atoms with van der Waals surface area (Å²) in [6.45, 7) is 0. The van der Waals surface area contributed by atoms with Crippen molar-refractivity contribution >= 4 is 0 Å². The van der Waals surface area contributed by atoms with Crippen molar-refractivity contribution in [2.45, 2.75) is 0 Å². The summed E-state index contributed by atoms with van der Waals surface area (Å²) in [5, 5.41) is 0. The van der Waals surface area contributed by atoms with Crippen molar-refractivity contribution < 1.29 is 0 Å². The molecule has 6 nitrogen and oxygen atoms in total. The number of aromatic nitrogens is 6. The molecule has 0 saturated carbocycles. The van der Waals surface area contributed by atoms with E-state index in [2.05, 4.69) is 30.3 Å². The summed E-state index contributed by atoms with van der Waals surface area (Å²) in [5.74, 6) is 3.52. The highest BCUT2D eigenvalue weighted by Gasteiger charge is 2.17. The molecular weight excluding hydrogens is 589 g/mol. The fourth-order valence-corrected chi connectivity index (χ4v) is 5.56. The van der Waals surface area contributed by atoms with E-state index < -0.39 is 0 Å². The third kappa shape index (κ3) is 6.10. The second-order valence-corrected chi connectivity index (χ2v) is 11.2. The maximum Gasteiger partial charge on any atom is 0.164 e. The zero-order chi connectivity index (χ0) is 32.1. The molecule has 0 radical (unpaired) electrons. The lowest BCUT2D eigenvalue weighted by molar-refractivity contribution is 1.07. The Hall–Kier alpha value is -6.66. The van der Waals surface area contributed by atoms with E-state index in [4.69, 9.17) is 29.9 Å². The first-order chi connectivity index (χ1) is 23.8. The van der Waals surface area contributed by atoms with Crippen molar-refractivity contribution in [3.63, 3.8) is 0 Å². The van der Waals surface area contributed by atoms with Crippen LogP contribution in [0.2, 0.25) is 0 Å². The molecule has 0 bridgehead atoms. The smallest absolute Gasteiger partial charge is 0.164 e.